The molecule has 2 aromatic carbocycles. The van der Waals surface area contributed by atoms with E-state index in [1.807, 2.05) is 54.7 Å². The molecule has 0 amide bonds. The zero-order valence-corrected chi connectivity index (χ0v) is 16.6. The van der Waals surface area contributed by atoms with Crippen molar-refractivity contribution in [2.24, 2.45) is 0 Å². The molecule has 0 bridgehead atoms. The van der Waals surface area contributed by atoms with Crippen LogP contribution in [0.1, 0.15) is 10.6 Å². The van der Waals surface area contributed by atoms with Crippen molar-refractivity contribution >= 4 is 11.3 Å². The van der Waals surface area contributed by atoms with Crippen molar-refractivity contribution in [1.29, 1.82) is 0 Å². The van der Waals surface area contributed by atoms with Crippen LogP contribution in [0.25, 0.3) is 22.5 Å². The number of nitrogens with zero attached hydrogens (tertiary/aromatic N) is 2. The predicted molar refractivity (Wildman–Crippen MR) is 113 cm³/mol. The fourth-order valence-electron chi connectivity index (χ4n) is 3.01. The van der Waals surface area contributed by atoms with Crippen molar-refractivity contribution in [1.82, 2.24) is 9.97 Å². The first kappa shape index (κ1) is 18.2. The quantitative estimate of drug-likeness (QED) is 0.439. The van der Waals surface area contributed by atoms with Gasteiger partial charge in [0.2, 0.25) is 0 Å². The van der Waals surface area contributed by atoms with E-state index in [1.54, 1.807) is 25.6 Å². The summed E-state index contributed by atoms with van der Waals surface area (Å²) < 4.78 is 10.6. The second kappa shape index (κ2) is 8.23. The maximum atomic E-state index is 5.29. The van der Waals surface area contributed by atoms with Crippen molar-refractivity contribution in [3.63, 3.8) is 0 Å². The highest BCUT2D eigenvalue weighted by atomic mass is 32.1. The highest BCUT2D eigenvalue weighted by Crippen LogP contribution is 2.31. The average Bonchev–Trinajstić information content (AvgIpc) is 3.27. The average molecular weight is 388 g/mol. The van der Waals surface area contributed by atoms with Gasteiger partial charge in [0.15, 0.2) is 0 Å². The SMILES string of the molecule is COc1ccc(-c2ncc(Cc3cccs3)nc2-c2ccc(OC)cc2)cc1. The number of rotatable bonds is 6. The molecule has 4 aromatic rings. The molecule has 28 heavy (non-hydrogen) atoms. The lowest BCUT2D eigenvalue weighted by atomic mass is 10.0. The van der Waals surface area contributed by atoms with E-state index in [0.717, 1.165) is 46.1 Å². The maximum absolute atomic E-state index is 5.29. The van der Waals surface area contributed by atoms with Crippen LogP contribution in [-0.2, 0) is 6.42 Å². The second-order valence-electron chi connectivity index (χ2n) is 6.27. The van der Waals surface area contributed by atoms with Crippen LogP contribution in [0, 0.1) is 0 Å². The van der Waals surface area contributed by atoms with Gasteiger partial charge in [-0.25, -0.2) is 4.98 Å². The Kier molecular flexibility index (Phi) is 5.35. The van der Waals surface area contributed by atoms with Crippen molar-refractivity contribution in [3.8, 4) is 34.0 Å². The fraction of sp³-hybridized carbons (Fsp3) is 0.130. The molecule has 5 heteroatoms. The number of ether oxygens (including phenoxy) is 2. The molecular weight excluding hydrogens is 368 g/mol. The molecule has 0 aliphatic heterocycles. The van der Waals surface area contributed by atoms with Gasteiger partial charge in [-0.1, -0.05) is 6.07 Å². The standard InChI is InChI=1S/C23H20N2O2S/c1-26-19-9-5-16(6-10-19)22-23(17-7-11-20(27-2)12-8-17)25-18(15-24-22)14-21-4-3-13-28-21/h3-13,15H,14H2,1-2H3. The van der Waals surface area contributed by atoms with E-state index in [2.05, 4.69) is 17.5 Å². The number of thiophene rings is 1. The number of aromatic nitrogens is 2. The van der Waals surface area contributed by atoms with Gasteiger partial charge in [-0.05, 0) is 60.0 Å². The third-order valence-electron chi connectivity index (χ3n) is 4.48. The predicted octanol–water partition coefficient (Wildman–Crippen LogP) is 5.48. The Morgan fingerprint density at radius 3 is 1.93 bits per heavy atom. The Labute approximate surface area is 168 Å². The van der Waals surface area contributed by atoms with Gasteiger partial charge in [0.25, 0.3) is 0 Å². The molecule has 140 valence electrons. The van der Waals surface area contributed by atoms with Crippen molar-refractivity contribution in [3.05, 3.63) is 82.8 Å². The van der Waals surface area contributed by atoms with Crippen LogP contribution in [0.4, 0.5) is 0 Å². The minimum Gasteiger partial charge on any atom is -0.497 e. The van der Waals surface area contributed by atoms with E-state index >= 15 is 0 Å². The van der Waals surface area contributed by atoms with Crippen LogP contribution < -0.4 is 9.47 Å². The monoisotopic (exact) mass is 388 g/mol. The molecule has 4 nitrogen and oxygen atoms in total. The molecule has 2 heterocycles. The number of benzene rings is 2. The highest BCUT2D eigenvalue weighted by molar-refractivity contribution is 7.09. The van der Waals surface area contributed by atoms with Crippen LogP contribution in [0.15, 0.2) is 72.2 Å². The lowest BCUT2D eigenvalue weighted by molar-refractivity contribution is 0.414. The summed E-state index contributed by atoms with van der Waals surface area (Å²) in [5, 5.41) is 2.08. The van der Waals surface area contributed by atoms with Crippen LogP contribution in [0.5, 0.6) is 11.5 Å². The molecule has 4 rings (SSSR count). The minimum atomic E-state index is 0.775. The normalized spacial score (nSPS) is 10.6. The van der Waals surface area contributed by atoms with Gasteiger partial charge in [0, 0.05) is 28.6 Å². The summed E-state index contributed by atoms with van der Waals surface area (Å²) >= 11 is 1.73. The van der Waals surface area contributed by atoms with Crippen molar-refractivity contribution in [2.75, 3.05) is 14.2 Å². The van der Waals surface area contributed by atoms with E-state index < -0.39 is 0 Å². The Morgan fingerprint density at radius 2 is 1.39 bits per heavy atom. The van der Waals surface area contributed by atoms with Crippen LogP contribution in [-0.4, -0.2) is 24.2 Å². The molecule has 0 N–H and O–H groups in total. The Morgan fingerprint density at radius 1 is 0.786 bits per heavy atom. The van der Waals surface area contributed by atoms with E-state index in [0.29, 0.717) is 0 Å². The van der Waals surface area contributed by atoms with E-state index in [1.165, 1.54) is 4.88 Å². The van der Waals surface area contributed by atoms with Gasteiger partial charge < -0.3 is 9.47 Å². The van der Waals surface area contributed by atoms with Gasteiger partial charge >= 0.3 is 0 Å². The van der Waals surface area contributed by atoms with Crippen LogP contribution in [0.2, 0.25) is 0 Å². The first-order valence-electron chi connectivity index (χ1n) is 8.94. The molecule has 0 spiro atoms. The molecule has 2 aromatic heterocycles. The van der Waals surface area contributed by atoms with Crippen molar-refractivity contribution < 1.29 is 9.47 Å². The molecule has 0 fully saturated rings. The first-order valence-corrected chi connectivity index (χ1v) is 9.82. The molecule has 0 radical (unpaired) electrons. The Bertz CT molecular complexity index is 1040. The lowest BCUT2D eigenvalue weighted by Gasteiger charge is -2.11. The Hall–Kier alpha value is -3.18. The maximum Gasteiger partial charge on any atom is 0.118 e. The summed E-state index contributed by atoms with van der Waals surface area (Å²) in [6.45, 7) is 0. The second-order valence-corrected chi connectivity index (χ2v) is 7.30. The summed E-state index contributed by atoms with van der Waals surface area (Å²) in [6.07, 6.45) is 2.64. The largest absolute Gasteiger partial charge is 0.497 e. The molecule has 0 aliphatic rings. The summed E-state index contributed by atoms with van der Waals surface area (Å²) in [6, 6.07) is 20.0. The Balaban J connectivity index is 1.78. The molecule has 0 saturated carbocycles. The summed E-state index contributed by atoms with van der Waals surface area (Å²) in [4.78, 5) is 11.0. The van der Waals surface area contributed by atoms with Gasteiger partial charge in [-0.3, -0.25) is 4.98 Å². The smallest absolute Gasteiger partial charge is 0.118 e. The third kappa shape index (κ3) is 3.89. The molecule has 0 saturated heterocycles. The van der Waals surface area contributed by atoms with E-state index in [9.17, 15) is 0 Å². The topological polar surface area (TPSA) is 44.2 Å². The zero-order chi connectivity index (χ0) is 19.3. The van der Waals surface area contributed by atoms with Crippen molar-refractivity contribution in [2.45, 2.75) is 6.42 Å². The number of methoxy groups -OCH3 is 2. The fourth-order valence-corrected chi connectivity index (χ4v) is 3.73. The molecule has 0 unspecified atom stereocenters. The highest BCUT2D eigenvalue weighted by Gasteiger charge is 2.13. The minimum absolute atomic E-state index is 0.775. The van der Waals surface area contributed by atoms with E-state index in [4.69, 9.17) is 19.4 Å². The van der Waals surface area contributed by atoms with Gasteiger partial charge in [-0.15, -0.1) is 11.3 Å². The first-order chi connectivity index (χ1) is 13.8. The van der Waals surface area contributed by atoms with E-state index in [-0.39, 0.29) is 0 Å². The third-order valence-corrected chi connectivity index (χ3v) is 5.36. The van der Waals surface area contributed by atoms with Gasteiger partial charge in [0.05, 0.1) is 31.3 Å². The van der Waals surface area contributed by atoms with Gasteiger partial charge in [0.1, 0.15) is 11.5 Å². The molecular formula is C23H20N2O2S. The molecule has 0 atom stereocenters. The zero-order valence-electron chi connectivity index (χ0n) is 15.8. The number of hydrogen-bond acceptors (Lipinski definition) is 5. The van der Waals surface area contributed by atoms with Crippen LogP contribution >= 0.6 is 11.3 Å². The lowest BCUT2D eigenvalue weighted by Crippen LogP contribution is -1.99. The summed E-state index contributed by atoms with van der Waals surface area (Å²) in [5.41, 5.74) is 4.67. The van der Waals surface area contributed by atoms with Crippen LogP contribution in [0.3, 0.4) is 0 Å². The van der Waals surface area contributed by atoms with Gasteiger partial charge in [-0.2, -0.15) is 0 Å². The summed E-state index contributed by atoms with van der Waals surface area (Å²) in [7, 11) is 3.33. The summed E-state index contributed by atoms with van der Waals surface area (Å²) in [5.74, 6) is 1.63. The molecule has 0 aliphatic carbocycles. The number of hydrogen-bond donors (Lipinski definition) is 0.